The van der Waals surface area contributed by atoms with E-state index < -0.39 is 11.8 Å². The number of anilines is 2. The Kier molecular flexibility index (Phi) is 5.83. The number of aromatic nitrogens is 5. The summed E-state index contributed by atoms with van der Waals surface area (Å²) in [6.45, 7) is 0. The number of carbonyl (C=O) groups is 2. The number of hydrogen-bond acceptors (Lipinski definition) is 5. The fourth-order valence-electron chi connectivity index (χ4n) is 3.36. The first-order valence-electron chi connectivity index (χ1n) is 10.6. The second-order valence-corrected chi connectivity index (χ2v) is 7.49. The van der Waals surface area contributed by atoms with E-state index in [0.717, 1.165) is 0 Å². The SMILES string of the molecule is O=C(Nc1cccc(NC(=O)c2ccn(-c3ccc(F)cc3)n2)c1)c1cccc(-c2ccn[nH]2)n1. The summed E-state index contributed by atoms with van der Waals surface area (Å²) in [5, 5.41) is 16.5. The maximum Gasteiger partial charge on any atom is 0.276 e. The summed E-state index contributed by atoms with van der Waals surface area (Å²) in [4.78, 5) is 29.8. The number of amides is 2. The molecule has 2 aromatic carbocycles. The van der Waals surface area contributed by atoms with Crippen LogP contribution in [0, 0.1) is 5.82 Å². The van der Waals surface area contributed by atoms with Crippen LogP contribution in [-0.4, -0.2) is 36.8 Å². The van der Waals surface area contributed by atoms with Crippen LogP contribution in [0.4, 0.5) is 15.8 Å². The Morgan fingerprint density at radius 3 is 2.26 bits per heavy atom. The van der Waals surface area contributed by atoms with E-state index in [1.54, 1.807) is 79.1 Å². The first kappa shape index (κ1) is 21.7. The maximum atomic E-state index is 13.1. The van der Waals surface area contributed by atoms with Crippen molar-refractivity contribution in [2.75, 3.05) is 10.6 Å². The molecule has 0 unspecified atom stereocenters. The molecule has 35 heavy (non-hydrogen) atoms. The van der Waals surface area contributed by atoms with Crippen molar-refractivity contribution in [2.24, 2.45) is 0 Å². The third kappa shape index (κ3) is 4.96. The fraction of sp³-hybridized carbons (Fsp3) is 0. The van der Waals surface area contributed by atoms with Gasteiger partial charge in [-0.1, -0.05) is 12.1 Å². The van der Waals surface area contributed by atoms with Crippen LogP contribution in [0.5, 0.6) is 0 Å². The largest absolute Gasteiger partial charge is 0.321 e. The average Bonchev–Trinajstić information content (AvgIpc) is 3.58. The molecule has 5 rings (SSSR count). The number of halogens is 1. The molecule has 172 valence electrons. The molecule has 3 heterocycles. The van der Waals surface area contributed by atoms with Gasteiger partial charge < -0.3 is 10.6 Å². The molecule has 0 atom stereocenters. The van der Waals surface area contributed by atoms with E-state index in [1.807, 2.05) is 0 Å². The quantitative estimate of drug-likeness (QED) is 0.344. The third-order valence-electron chi connectivity index (χ3n) is 5.05. The van der Waals surface area contributed by atoms with Gasteiger partial charge in [-0.15, -0.1) is 0 Å². The highest BCUT2D eigenvalue weighted by molar-refractivity contribution is 6.05. The van der Waals surface area contributed by atoms with Gasteiger partial charge in [0.1, 0.15) is 11.5 Å². The minimum absolute atomic E-state index is 0.184. The molecule has 5 aromatic rings. The van der Waals surface area contributed by atoms with Crippen LogP contribution >= 0.6 is 0 Å². The zero-order chi connectivity index (χ0) is 24.2. The summed E-state index contributed by atoms with van der Waals surface area (Å²) >= 11 is 0. The molecule has 0 fully saturated rings. The number of rotatable bonds is 6. The van der Waals surface area contributed by atoms with Crippen molar-refractivity contribution in [1.82, 2.24) is 25.0 Å². The van der Waals surface area contributed by atoms with E-state index in [0.29, 0.717) is 28.5 Å². The van der Waals surface area contributed by atoms with Crippen LogP contribution in [0.25, 0.3) is 17.1 Å². The monoisotopic (exact) mass is 467 g/mol. The molecule has 0 aliphatic rings. The van der Waals surface area contributed by atoms with Crippen LogP contribution in [0.2, 0.25) is 0 Å². The summed E-state index contributed by atoms with van der Waals surface area (Å²) in [6.07, 6.45) is 3.22. The van der Waals surface area contributed by atoms with Crippen molar-refractivity contribution in [3.8, 4) is 17.1 Å². The molecule has 0 radical (unpaired) electrons. The molecule has 0 spiro atoms. The predicted molar refractivity (Wildman–Crippen MR) is 128 cm³/mol. The van der Waals surface area contributed by atoms with Crippen molar-refractivity contribution in [3.63, 3.8) is 0 Å². The van der Waals surface area contributed by atoms with E-state index in [2.05, 4.69) is 30.9 Å². The van der Waals surface area contributed by atoms with Crippen molar-refractivity contribution in [3.05, 3.63) is 108 Å². The van der Waals surface area contributed by atoms with Gasteiger partial charge in [-0.25, -0.2) is 14.1 Å². The Morgan fingerprint density at radius 1 is 0.829 bits per heavy atom. The molecule has 0 saturated heterocycles. The molecule has 9 nitrogen and oxygen atoms in total. The fourth-order valence-corrected chi connectivity index (χ4v) is 3.36. The number of H-pyrrole nitrogens is 1. The summed E-state index contributed by atoms with van der Waals surface area (Å²) in [5.74, 6) is -1.18. The van der Waals surface area contributed by atoms with Crippen LogP contribution in [-0.2, 0) is 0 Å². The summed E-state index contributed by atoms with van der Waals surface area (Å²) in [5.41, 5.74) is 3.30. The first-order chi connectivity index (χ1) is 17.0. The van der Waals surface area contributed by atoms with E-state index in [4.69, 9.17) is 0 Å². The Bertz CT molecular complexity index is 1490. The van der Waals surface area contributed by atoms with Gasteiger partial charge in [0.25, 0.3) is 11.8 Å². The van der Waals surface area contributed by atoms with E-state index in [1.165, 1.54) is 16.8 Å². The summed E-state index contributed by atoms with van der Waals surface area (Å²) in [6, 6.07) is 20.9. The van der Waals surface area contributed by atoms with Gasteiger partial charge in [0.05, 0.1) is 17.1 Å². The molecule has 0 bridgehead atoms. The molecule has 0 aliphatic carbocycles. The summed E-state index contributed by atoms with van der Waals surface area (Å²) in [7, 11) is 0. The van der Waals surface area contributed by atoms with Crippen LogP contribution < -0.4 is 10.6 Å². The Hall–Kier alpha value is -5.12. The lowest BCUT2D eigenvalue weighted by molar-refractivity contribution is 0.101. The minimum Gasteiger partial charge on any atom is -0.321 e. The molecule has 3 aromatic heterocycles. The van der Waals surface area contributed by atoms with E-state index in [-0.39, 0.29) is 17.2 Å². The number of nitrogens with zero attached hydrogens (tertiary/aromatic N) is 4. The smallest absolute Gasteiger partial charge is 0.276 e. The van der Waals surface area contributed by atoms with Crippen molar-refractivity contribution in [1.29, 1.82) is 0 Å². The normalized spacial score (nSPS) is 10.7. The molecule has 0 aliphatic heterocycles. The van der Waals surface area contributed by atoms with Gasteiger partial charge in [0, 0.05) is 23.8 Å². The second kappa shape index (κ2) is 9.40. The minimum atomic E-state index is -0.428. The lowest BCUT2D eigenvalue weighted by Gasteiger charge is -2.09. The van der Waals surface area contributed by atoms with Gasteiger partial charge in [-0.3, -0.25) is 14.7 Å². The highest BCUT2D eigenvalue weighted by Crippen LogP contribution is 2.18. The molecular formula is C25H18FN7O2. The Morgan fingerprint density at radius 2 is 1.54 bits per heavy atom. The van der Waals surface area contributed by atoms with E-state index >= 15 is 0 Å². The second-order valence-electron chi connectivity index (χ2n) is 7.49. The number of carbonyl (C=O) groups excluding carboxylic acids is 2. The van der Waals surface area contributed by atoms with Gasteiger partial charge in [-0.2, -0.15) is 10.2 Å². The lowest BCUT2D eigenvalue weighted by Crippen LogP contribution is -2.15. The predicted octanol–water partition coefficient (Wildman–Crippen LogP) is 4.30. The van der Waals surface area contributed by atoms with Gasteiger partial charge in [0.2, 0.25) is 0 Å². The number of hydrogen-bond donors (Lipinski definition) is 3. The lowest BCUT2D eigenvalue weighted by atomic mass is 10.2. The maximum absolute atomic E-state index is 13.1. The summed E-state index contributed by atoms with van der Waals surface area (Å²) < 4.78 is 14.6. The Balaban J connectivity index is 1.26. The first-order valence-corrected chi connectivity index (χ1v) is 10.6. The number of nitrogens with one attached hydrogen (secondary N) is 3. The topological polar surface area (TPSA) is 118 Å². The third-order valence-corrected chi connectivity index (χ3v) is 5.05. The number of aromatic amines is 1. The zero-order valence-corrected chi connectivity index (χ0v) is 18.1. The standard InChI is InChI=1S/C25H18FN7O2/c26-16-7-9-19(10-8-16)33-14-12-23(32-33)25(35)29-18-4-1-3-17(15-18)28-24(34)22-6-2-5-20(30-22)21-11-13-27-31-21/h1-15H,(H,27,31)(H,28,34)(H,29,35). The number of pyridine rings is 1. The molecule has 2 amide bonds. The Labute approximate surface area is 198 Å². The highest BCUT2D eigenvalue weighted by Gasteiger charge is 2.13. The molecule has 0 saturated carbocycles. The highest BCUT2D eigenvalue weighted by atomic mass is 19.1. The van der Waals surface area contributed by atoms with Crippen LogP contribution in [0.15, 0.2) is 91.3 Å². The van der Waals surface area contributed by atoms with Gasteiger partial charge >= 0.3 is 0 Å². The van der Waals surface area contributed by atoms with Gasteiger partial charge in [0.15, 0.2) is 5.69 Å². The molecule has 3 N–H and O–H groups in total. The van der Waals surface area contributed by atoms with Crippen molar-refractivity contribution in [2.45, 2.75) is 0 Å². The van der Waals surface area contributed by atoms with E-state index in [9.17, 15) is 14.0 Å². The van der Waals surface area contributed by atoms with Crippen molar-refractivity contribution >= 4 is 23.2 Å². The molecule has 10 heteroatoms. The number of benzene rings is 2. The van der Waals surface area contributed by atoms with Crippen LogP contribution in [0.3, 0.4) is 0 Å². The zero-order valence-electron chi connectivity index (χ0n) is 18.1. The average molecular weight is 467 g/mol. The molecular weight excluding hydrogens is 449 g/mol. The van der Waals surface area contributed by atoms with Gasteiger partial charge in [-0.05, 0) is 66.7 Å². The van der Waals surface area contributed by atoms with Crippen LogP contribution in [0.1, 0.15) is 21.0 Å². The van der Waals surface area contributed by atoms with Crippen molar-refractivity contribution < 1.29 is 14.0 Å².